The maximum Gasteiger partial charge on any atom is 0.265 e. The van der Waals surface area contributed by atoms with Crippen molar-refractivity contribution < 1.29 is 33.5 Å². The topological polar surface area (TPSA) is 118 Å². The number of rotatable bonds is 8. The molecular weight excluding hydrogens is 741 g/mol. The first-order valence-electron chi connectivity index (χ1n) is 18.7. The van der Waals surface area contributed by atoms with Gasteiger partial charge in [-0.25, -0.2) is 9.80 Å². The number of hydrogen-bond donors (Lipinski definition) is 0. The van der Waals surface area contributed by atoms with Gasteiger partial charge in [-0.15, -0.1) is 0 Å². The van der Waals surface area contributed by atoms with Gasteiger partial charge in [-0.05, 0) is 95.7 Å². The Bertz CT molecular complexity index is 2870. The minimum Gasteiger partial charge on any atom is -0.457 e. The van der Waals surface area contributed by atoms with Crippen molar-refractivity contribution >= 4 is 68.1 Å². The first-order chi connectivity index (χ1) is 28.8. The zero-order valence-electron chi connectivity index (χ0n) is 30.9. The van der Waals surface area contributed by atoms with Crippen molar-refractivity contribution in [1.82, 2.24) is 0 Å². The van der Waals surface area contributed by atoms with Crippen LogP contribution in [-0.4, -0.2) is 35.2 Å². The minimum absolute atomic E-state index is 0.202. The minimum atomic E-state index is -0.511. The van der Waals surface area contributed by atoms with Crippen molar-refractivity contribution in [1.29, 1.82) is 0 Å². The molecule has 0 radical (unpaired) electrons. The summed E-state index contributed by atoms with van der Waals surface area (Å²) in [7, 11) is 0. The van der Waals surface area contributed by atoms with Crippen LogP contribution in [0.15, 0.2) is 170 Å². The number of anilines is 2. The van der Waals surface area contributed by atoms with E-state index in [1.807, 2.05) is 12.1 Å². The number of imide groups is 2. The van der Waals surface area contributed by atoms with Gasteiger partial charge in [0.15, 0.2) is 11.6 Å². The largest absolute Gasteiger partial charge is 0.457 e. The highest BCUT2D eigenvalue weighted by atomic mass is 16.5. The molecule has 10 rings (SSSR count). The summed E-state index contributed by atoms with van der Waals surface area (Å²) in [5, 5.41) is 1.96. The summed E-state index contributed by atoms with van der Waals surface area (Å²) in [5.74, 6) is -1.62. The van der Waals surface area contributed by atoms with Crippen molar-refractivity contribution in [2.24, 2.45) is 0 Å². The van der Waals surface area contributed by atoms with Crippen LogP contribution in [0.1, 0.15) is 73.3 Å². The molecule has 280 valence electrons. The van der Waals surface area contributed by atoms with Gasteiger partial charge in [0.1, 0.15) is 11.5 Å². The molecule has 0 aliphatic carbocycles. The molecule has 0 bridgehead atoms. The molecule has 2 aliphatic rings. The Morgan fingerprint density at radius 2 is 0.712 bits per heavy atom. The van der Waals surface area contributed by atoms with E-state index >= 15 is 0 Å². The Kier molecular flexibility index (Phi) is 8.17. The third-order valence-corrected chi connectivity index (χ3v) is 10.8. The maximum absolute atomic E-state index is 13.9. The molecule has 8 aromatic rings. The number of nitrogens with zero attached hydrogens (tertiary/aromatic N) is 2. The van der Waals surface area contributed by atoms with Gasteiger partial charge >= 0.3 is 0 Å². The molecule has 8 aromatic carbocycles. The summed E-state index contributed by atoms with van der Waals surface area (Å²) in [6.07, 6.45) is 0. The predicted molar refractivity (Wildman–Crippen MR) is 223 cm³/mol. The lowest BCUT2D eigenvalue weighted by atomic mass is 9.88. The smallest absolute Gasteiger partial charge is 0.265 e. The van der Waals surface area contributed by atoms with Crippen LogP contribution < -0.4 is 14.5 Å². The molecule has 0 atom stereocenters. The average Bonchev–Trinajstić information content (AvgIpc) is 3.28. The van der Waals surface area contributed by atoms with E-state index in [0.29, 0.717) is 88.9 Å². The molecular formula is C50H28N2O7. The monoisotopic (exact) mass is 768 g/mol. The van der Waals surface area contributed by atoms with Gasteiger partial charge in [-0.1, -0.05) is 84.9 Å². The van der Waals surface area contributed by atoms with E-state index < -0.39 is 23.6 Å². The molecule has 0 unspecified atom stereocenters. The zero-order chi connectivity index (χ0) is 40.4. The number of hydrogen-bond acceptors (Lipinski definition) is 7. The highest BCUT2D eigenvalue weighted by Gasteiger charge is 2.36. The van der Waals surface area contributed by atoms with Crippen LogP contribution in [0.4, 0.5) is 11.4 Å². The fourth-order valence-corrected chi connectivity index (χ4v) is 8.01. The second-order valence-corrected chi connectivity index (χ2v) is 14.1. The van der Waals surface area contributed by atoms with Gasteiger partial charge in [-0.2, -0.15) is 0 Å². The Morgan fingerprint density at radius 3 is 1.08 bits per heavy atom. The van der Waals surface area contributed by atoms with Gasteiger partial charge in [0.2, 0.25) is 0 Å². The molecule has 0 spiro atoms. The van der Waals surface area contributed by atoms with Crippen molar-refractivity contribution in [3.63, 3.8) is 0 Å². The lowest BCUT2D eigenvalue weighted by molar-refractivity contribution is 0.0877. The van der Waals surface area contributed by atoms with Crippen LogP contribution in [0.25, 0.3) is 21.5 Å². The molecule has 0 fully saturated rings. The highest BCUT2D eigenvalue weighted by molar-refractivity contribution is 6.38. The Morgan fingerprint density at radius 1 is 0.356 bits per heavy atom. The number of ether oxygens (including phenoxy) is 1. The first kappa shape index (κ1) is 35.1. The molecule has 0 N–H and O–H groups in total. The molecule has 59 heavy (non-hydrogen) atoms. The number of ketones is 2. The third-order valence-electron chi connectivity index (χ3n) is 10.8. The lowest BCUT2D eigenvalue weighted by Crippen LogP contribution is -2.40. The Labute approximate surface area is 336 Å². The molecule has 0 saturated heterocycles. The summed E-state index contributed by atoms with van der Waals surface area (Å²) in [5.41, 5.74) is 3.76. The second-order valence-electron chi connectivity index (χ2n) is 14.1. The Balaban J connectivity index is 0.877. The Hall–Kier alpha value is -8.30. The molecule has 4 amide bonds. The average molecular weight is 769 g/mol. The summed E-state index contributed by atoms with van der Waals surface area (Å²) in [4.78, 5) is 84.6. The van der Waals surface area contributed by atoms with Crippen molar-refractivity contribution in [3.8, 4) is 11.5 Å². The zero-order valence-corrected chi connectivity index (χ0v) is 30.9. The standard InChI is InChI=1S/C50H28N2O7/c53-45(29-9-3-1-4-10-29)37-25-27-41-43-35(37)13-7-15-39(43)47(55)51(49(41)57)31-17-21-33(22-18-31)59-34-23-19-32(20-24-34)52-48(56)40-16-8-14-36-38(26-28-42(44(36)40)50(52)58)46(54)30-11-5-2-6-12-30/h1-28H. The van der Waals surface area contributed by atoms with E-state index in [2.05, 4.69) is 0 Å². The van der Waals surface area contributed by atoms with E-state index in [1.165, 1.54) is 0 Å². The maximum atomic E-state index is 13.9. The van der Waals surface area contributed by atoms with Crippen LogP contribution >= 0.6 is 0 Å². The SMILES string of the molecule is O=C(c1ccccc1)c1ccc2c3c(cccc13)C(=O)N(c1ccc(Oc3ccc(N4C(=O)c5cccc6c(C(=O)c7ccccc7)ccc(c56)C4=O)cc3)cc1)C2=O. The van der Waals surface area contributed by atoms with E-state index in [0.717, 1.165) is 9.80 Å². The summed E-state index contributed by atoms with van der Waals surface area (Å²) >= 11 is 0. The van der Waals surface area contributed by atoms with E-state index in [9.17, 15) is 28.8 Å². The number of carbonyl (C=O) groups is 6. The molecule has 2 heterocycles. The normalized spacial score (nSPS) is 13.3. The molecule has 9 nitrogen and oxygen atoms in total. The molecule has 0 saturated carbocycles. The molecule has 9 heteroatoms. The fraction of sp³-hybridized carbons (Fsp3) is 0. The molecule has 0 aromatic heterocycles. The van der Waals surface area contributed by atoms with Gasteiger partial charge in [0, 0.05) is 55.3 Å². The van der Waals surface area contributed by atoms with Gasteiger partial charge in [0.25, 0.3) is 23.6 Å². The van der Waals surface area contributed by atoms with Gasteiger partial charge in [-0.3, -0.25) is 28.8 Å². The highest BCUT2D eigenvalue weighted by Crippen LogP contribution is 2.38. The van der Waals surface area contributed by atoms with E-state index in [1.54, 1.807) is 158 Å². The van der Waals surface area contributed by atoms with E-state index in [-0.39, 0.29) is 11.6 Å². The quantitative estimate of drug-likeness (QED) is 0.112. The second kappa shape index (κ2) is 13.7. The van der Waals surface area contributed by atoms with Crippen LogP contribution in [0.5, 0.6) is 11.5 Å². The summed E-state index contributed by atoms with van der Waals surface area (Å²) < 4.78 is 6.08. The first-order valence-corrected chi connectivity index (χ1v) is 18.7. The van der Waals surface area contributed by atoms with Crippen LogP contribution in [0.3, 0.4) is 0 Å². The van der Waals surface area contributed by atoms with Crippen molar-refractivity contribution in [2.45, 2.75) is 0 Å². The van der Waals surface area contributed by atoms with Crippen molar-refractivity contribution in [3.05, 3.63) is 214 Å². The van der Waals surface area contributed by atoms with E-state index in [4.69, 9.17) is 4.74 Å². The van der Waals surface area contributed by atoms with Crippen LogP contribution in [-0.2, 0) is 0 Å². The fourth-order valence-electron chi connectivity index (χ4n) is 8.01. The number of carbonyl (C=O) groups excluding carboxylic acids is 6. The summed E-state index contributed by atoms with van der Waals surface area (Å²) in [6, 6.07) is 47.4. The van der Waals surface area contributed by atoms with Gasteiger partial charge < -0.3 is 4.74 Å². The van der Waals surface area contributed by atoms with Crippen molar-refractivity contribution in [2.75, 3.05) is 9.80 Å². The van der Waals surface area contributed by atoms with Crippen LogP contribution in [0.2, 0.25) is 0 Å². The van der Waals surface area contributed by atoms with Gasteiger partial charge in [0.05, 0.1) is 11.4 Å². The third kappa shape index (κ3) is 5.63. The summed E-state index contributed by atoms with van der Waals surface area (Å²) in [6.45, 7) is 0. The molecule has 2 aliphatic heterocycles. The lowest BCUT2D eigenvalue weighted by Gasteiger charge is -2.28. The number of benzene rings is 8. The predicted octanol–water partition coefficient (Wildman–Crippen LogP) is 9.85. The van der Waals surface area contributed by atoms with Crippen LogP contribution in [0, 0.1) is 0 Å². The number of amides is 4.